The van der Waals surface area contributed by atoms with E-state index in [1.807, 2.05) is 0 Å². The van der Waals surface area contributed by atoms with E-state index in [4.69, 9.17) is 0 Å². The summed E-state index contributed by atoms with van der Waals surface area (Å²) in [4.78, 5) is 18.3. The molecule has 0 atom stereocenters. The number of benzene rings is 1. The lowest BCUT2D eigenvalue weighted by molar-refractivity contribution is 0.173. The third kappa shape index (κ3) is 5.37. The molecule has 2 amide bonds. The molecule has 7 nitrogen and oxygen atoms in total. The van der Waals surface area contributed by atoms with Gasteiger partial charge in [-0.2, -0.15) is 0 Å². The number of carbonyl (C=O) groups is 1. The summed E-state index contributed by atoms with van der Waals surface area (Å²) in [6, 6.07) is 5.91. The Labute approximate surface area is 184 Å². The number of rotatable bonds is 5. The summed E-state index contributed by atoms with van der Waals surface area (Å²) < 4.78 is 52.8. The summed E-state index contributed by atoms with van der Waals surface area (Å²) in [6.45, 7) is 4.07. The fraction of sp³-hybridized carbons (Fsp3) is 0.429. The summed E-state index contributed by atoms with van der Waals surface area (Å²) in [6.07, 6.45) is 2.53. The topological polar surface area (TPSA) is 82.6 Å². The van der Waals surface area contributed by atoms with Crippen molar-refractivity contribution >= 4 is 21.7 Å². The lowest BCUT2D eigenvalue weighted by Crippen LogP contribution is -2.49. The Morgan fingerprint density at radius 2 is 1.81 bits per heavy atom. The van der Waals surface area contributed by atoms with Crippen molar-refractivity contribution in [3.63, 3.8) is 0 Å². The van der Waals surface area contributed by atoms with E-state index in [1.54, 1.807) is 37.9 Å². The lowest BCUT2D eigenvalue weighted by atomic mass is 10.1. The zero-order valence-electron chi connectivity index (χ0n) is 17.7. The van der Waals surface area contributed by atoms with Crippen molar-refractivity contribution in [2.45, 2.75) is 38.0 Å². The zero-order valence-corrected chi connectivity index (χ0v) is 18.5. The molecule has 3 rings (SSSR count). The van der Waals surface area contributed by atoms with Crippen molar-refractivity contribution in [1.29, 1.82) is 0 Å². The van der Waals surface area contributed by atoms with E-state index in [0.29, 0.717) is 42.9 Å². The minimum Gasteiger partial charge on any atom is -0.325 e. The Balaban J connectivity index is 0.00000272. The summed E-state index contributed by atoms with van der Waals surface area (Å²) in [5.41, 5.74) is 1.12. The number of urea groups is 1. The van der Waals surface area contributed by atoms with Gasteiger partial charge in [0.05, 0.1) is 22.8 Å². The monoisotopic (exact) mass is 456 g/mol. The highest BCUT2D eigenvalue weighted by Gasteiger charge is 2.32. The molecule has 1 aromatic heterocycles. The van der Waals surface area contributed by atoms with Crippen LogP contribution in [0.1, 0.15) is 29.5 Å². The van der Waals surface area contributed by atoms with Crippen LogP contribution in [-0.2, 0) is 10.0 Å². The fourth-order valence-electron chi connectivity index (χ4n) is 3.50. The smallest absolute Gasteiger partial charge is 0.321 e. The fourth-order valence-corrected chi connectivity index (χ4v) is 4.82. The van der Waals surface area contributed by atoms with E-state index < -0.39 is 26.9 Å². The summed E-state index contributed by atoms with van der Waals surface area (Å²) >= 11 is 0. The average molecular weight is 457 g/mol. The molecule has 2 heterocycles. The normalized spacial score (nSPS) is 15.8. The zero-order chi connectivity index (χ0) is 22.8. The average Bonchev–Trinajstić information content (AvgIpc) is 2.73. The quantitative estimate of drug-likeness (QED) is 0.732. The van der Waals surface area contributed by atoms with Crippen LogP contribution in [0.15, 0.2) is 36.5 Å². The Hall–Kier alpha value is -2.59. The van der Waals surface area contributed by atoms with Gasteiger partial charge in [0.2, 0.25) is 10.0 Å². The number of nitrogens with one attached hydrogen (secondary N) is 1. The molecule has 2 aromatic rings. The SMILES string of the molecule is CC(C)S(=O)(=O)N1CCC(N(C)C(=O)Nc2ccc(-c3cc(F)cc(F)c3)nc2)CC1.[HH].[HH]. The predicted octanol–water partition coefficient (Wildman–Crippen LogP) is 4.19. The maximum Gasteiger partial charge on any atom is 0.321 e. The first kappa shape index (κ1) is 23.1. The Morgan fingerprint density at radius 3 is 2.32 bits per heavy atom. The van der Waals surface area contributed by atoms with Gasteiger partial charge in [-0.3, -0.25) is 4.98 Å². The van der Waals surface area contributed by atoms with Crippen LogP contribution in [0.2, 0.25) is 0 Å². The van der Waals surface area contributed by atoms with Crippen LogP contribution in [0.4, 0.5) is 19.3 Å². The molecule has 31 heavy (non-hydrogen) atoms. The molecule has 0 bridgehead atoms. The van der Waals surface area contributed by atoms with Crippen LogP contribution >= 0.6 is 0 Å². The van der Waals surface area contributed by atoms with Gasteiger partial charge in [0.15, 0.2) is 0 Å². The van der Waals surface area contributed by atoms with Crippen LogP contribution in [0, 0.1) is 11.6 Å². The van der Waals surface area contributed by atoms with Crippen LogP contribution in [0.3, 0.4) is 0 Å². The molecule has 1 aromatic carbocycles. The second-order valence-electron chi connectivity index (χ2n) is 7.86. The third-order valence-electron chi connectivity index (χ3n) is 5.42. The molecule has 1 aliphatic rings. The number of pyridine rings is 1. The van der Waals surface area contributed by atoms with E-state index in [9.17, 15) is 22.0 Å². The number of carbonyl (C=O) groups excluding carboxylic acids is 1. The van der Waals surface area contributed by atoms with Gasteiger partial charge in [0.25, 0.3) is 0 Å². The molecule has 1 saturated heterocycles. The Kier molecular flexibility index (Phi) is 6.90. The van der Waals surface area contributed by atoms with Gasteiger partial charge in [-0.1, -0.05) is 0 Å². The molecule has 0 radical (unpaired) electrons. The second kappa shape index (κ2) is 9.27. The first-order valence-corrected chi connectivity index (χ1v) is 11.5. The number of hydrogen-bond acceptors (Lipinski definition) is 4. The molecule has 0 unspecified atom stereocenters. The number of sulfonamides is 1. The molecule has 172 valence electrons. The minimum atomic E-state index is -3.29. The van der Waals surface area contributed by atoms with Gasteiger partial charge in [-0.25, -0.2) is 26.3 Å². The van der Waals surface area contributed by atoms with E-state index in [1.165, 1.54) is 22.6 Å². The first-order valence-electron chi connectivity index (χ1n) is 10.0. The molecule has 1 N–H and O–H groups in total. The van der Waals surface area contributed by atoms with Gasteiger partial charge in [-0.05, 0) is 51.0 Å². The van der Waals surface area contributed by atoms with Crippen molar-refractivity contribution in [2.75, 3.05) is 25.5 Å². The van der Waals surface area contributed by atoms with Crippen LogP contribution in [0.25, 0.3) is 11.3 Å². The van der Waals surface area contributed by atoms with Crippen molar-refractivity contribution in [3.8, 4) is 11.3 Å². The van der Waals surface area contributed by atoms with Gasteiger partial charge in [0.1, 0.15) is 11.6 Å². The van der Waals surface area contributed by atoms with Crippen LogP contribution in [0.5, 0.6) is 0 Å². The molecule has 0 saturated carbocycles. The van der Waals surface area contributed by atoms with Crippen molar-refractivity contribution in [3.05, 3.63) is 48.2 Å². The Bertz CT molecular complexity index is 1030. The summed E-state index contributed by atoms with van der Waals surface area (Å²) in [5, 5.41) is 2.28. The summed E-state index contributed by atoms with van der Waals surface area (Å²) in [5.74, 6) is -1.38. The van der Waals surface area contributed by atoms with Gasteiger partial charge >= 0.3 is 6.03 Å². The third-order valence-corrected chi connectivity index (χ3v) is 7.70. The standard InChI is InChI=1S/C21H26F2N4O3S.2H2/c1-14(2)31(29,30)27-8-6-19(7-9-27)26(3)21(28)25-18-4-5-20(24-13-18)15-10-16(22)12-17(23)11-15;;/h4-5,10-14,19H,6-9H2,1-3H3,(H,25,28);2*1H. The number of hydrogen-bond donors (Lipinski definition) is 1. The molecule has 1 aliphatic heterocycles. The van der Waals surface area contributed by atoms with Crippen molar-refractivity contribution in [2.24, 2.45) is 0 Å². The number of anilines is 1. The van der Waals surface area contributed by atoms with E-state index in [2.05, 4.69) is 10.3 Å². The van der Waals surface area contributed by atoms with E-state index in [0.717, 1.165) is 6.07 Å². The van der Waals surface area contributed by atoms with Crippen LogP contribution in [-0.4, -0.2) is 60.1 Å². The predicted molar refractivity (Wildman–Crippen MR) is 119 cm³/mol. The summed E-state index contributed by atoms with van der Waals surface area (Å²) in [7, 11) is -1.62. The first-order chi connectivity index (χ1) is 14.6. The van der Waals surface area contributed by atoms with Gasteiger partial charge < -0.3 is 10.2 Å². The second-order valence-corrected chi connectivity index (χ2v) is 10.3. The lowest BCUT2D eigenvalue weighted by Gasteiger charge is -2.36. The highest BCUT2D eigenvalue weighted by Crippen LogP contribution is 2.23. The molecule has 1 fully saturated rings. The molecule has 0 aliphatic carbocycles. The highest BCUT2D eigenvalue weighted by molar-refractivity contribution is 7.89. The molecular formula is C21H30F2N4O3S. The highest BCUT2D eigenvalue weighted by atomic mass is 32.2. The Morgan fingerprint density at radius 1 is 1.19 bits per heavy atom. The van der Waals surface area contributed by atoms with Crippen molar-refractivity contribution < 1.29 is 24.8 Å². The number of nitrogens with zero attached hydrogens (tertiary/aromatic N) is 3. The molecular weight excluding hydrogens is 426 g/mol. The van der Waals surface area contributed by atoms with E-state index in [-0.39, 0.29) is 14.9 Å². The minimum absolute atomic E-state index is 0. The number of amides is 2. The van der Waals surface area contributed by atoms with Gasteiger partial charge in [0, 0.05) is 40.7 Å². The maximum atomic E-state index is 13.4. The number of halogens is 2. The molecule has 0 spiro atoms. The van der Waals surface area contributed by atoms with Gasteiger partial charge in [-0.15, -0.1) is 0 Å². The largest absolute Gasteiger partial charge is 0.325 e. The number of aromatic nitrogens is 1. The van der Waals surface area contributed by atoms with E-state index >= 15 is 0 Å². The molecule has 10 heteroatoms. The number of piperidine rings is 1. The van der Waals surface area contributed by atoms with Crippen LogP contribution < -0.4 is 5.32 Å². The maximum absolute atomic E-state index is 13.4. The van der Waals surface area contributed by atoms with Crippen molar-refractivity contribution in [1.82, 2.24) is 14.2 Å².